The van der Waals surface area contributed by atoms with Gasteiger partial charge in [-0.3, -0.25) is 9.36 Å². The van der Waals surface area contributed by atoms with Gasteiger partial charge in [-0.15, -0.1) is 4.73 Å². The zero-order valence-corrected chi connectivity index (χ0v) is 10.9. The third kappa shape index (κ3) is 1.72. The minimum absolute atomic E-state index is 0.0705. The standard InChI is InChI=1S/C10H13N5O7/c11-9-13-7-4(8(19)15(9)21)12-2-14(7)10(20)6(18)5(17)3(1-16)22-10/h2-3,5-6,16-18,20-21H,1H2,(H2,11,13)/t3-,5-,6-,10-/m1/s1. The monoisotopic (exact) mass is 315 g/mol. The van der Waals surface area contributed by atoms with E-state index in [1.165, 1.54) is 0 Å². The van der Waals surface area contributed by atoms with Gasteiger partial charge in [-0.05, 0) is 0 Å². The van der Waals surface area contributed by atoms with Crippen molar-refractivity contribution in [2.75, 3.05) is 12.3 Å². The summed E-state index contributed by atoms with van der Waals surface area (Å²) in [6.07, 6.45) is -3.76. The number of ether oxygens (including phenoxy) is 1. The van der Waals surface area contributed by atoms with Gasteiger partial charge >= 0.3 is 5.56 Å². The van der Waals surface area contributed by atoms with Gasteiger partial charge in [0.2, 0.25) is 5.95 Å². The number of hydrogen-bond donors (Lipinski definition) is 6. The second-order valence-electron chi connectivity index (χ2n) is 4.81. The number of aliphatic hydroxyl groups excluding tert-OH is 3. The lowest BCUT2D eigenvalue weighted by atomic mass is 10.1. The number of nitrogens with zero attached hydrogens (tertiary/aromatic N) is 4. The first-order valence-electron chi connectivity index (χ1n) is 6.13. The van der Waals surface area contributed by atoms with Crippen molar-refractivity contribution in [3.63, 3.8) is 0 Å². The summed E-state index contributed by atoms with van der Waals surface area (Å²) in [5, 5.41) is 48.6. The lowest BCUT2D eigenvalue weighted by Crippen LogP contribution is -2.45. The average Bonchev–Trinajstić information content (AvgIpc) is 3.01. The predicted molar refractivity (Wildman–Crippen MR) is 67.6 cm³/mol. The maximum Gasteiger partial charge on any atom is 0.316 e. The molecule has 1 saturated heterocycles. The number of anilines is 1. The molecule has 0 saturated carbocycles. The van der Waals surface area contributed by atoms with Crippen LogP contribution < -0.4 is 11.3 Å². The second kappa shape index (κ2) is 4.62. The van der Waals surface area contributed by atoms with Crippen LogP contribution in [0.3, 0.4) is 0 Å². The van der Waals surface area contributed by atoms with E-state index in [0.29, 0.717) is 0 Å². The van der Waals surface area contributed by atoms with Crippen molar-refractivity contribution < 1.29 is 30.4 Å². The maximum absolute atomic E-state index is 11.8. The van der Waals surface area contributed by atoms with Crippen LogP contribution in [0, 0.1) is 0 Å². The Morgan fingerprint density at radius 2 is 2.14 bits per heavy atom. The van der Waals surface area contributed by atoms with Crippen LogP contribution >= 0.6 is 0 Å². The summed E-state index contributed by atoms with van der Waals surface area (Å²) >= 11 is 0. The Morgan fingerprint density at radius 3 is 2.73 bits per heavy atom. The minimum Gasteiger partial charge on any atom is -0.422 e. The van der Waals surface area contributed by atoms with Crippen molar-refractivity contribution in [3.8, 4) is 0 Å². The van der Waals surface area contributed by atoms with Gasteiger partial charge in [0, 0.05) is 0 Å². The van der Waals surface area contributed by atoms with E-state index in [1.807, 2.05) is 0 Å². The van der Waals surface area contributed by atoms with Crippen LogP contribution in [0.4, 0.5) is 5.95 Å². The molecule has 22 heavy (non-hydrogen) atoms. The van der Waals surface area contributed by atoms with E-state index in [4.69, 9.17) is 15.6 Å². The van der Waals surface area contributed by atoms with E-state index in [0.717, 1.165) is 10.9 Å². The topological polar surface area (TPSA) is 189 Å². The van der Waals surface area contributed by atoms with E-state index in [1.54, 1.807) is 0 Å². The molecule has 0 unspecified atom stereocenters. The second-order valence-corrected chi connectivity index (χ2v) is 4.81. The first-order chi connectivity index (χ1) is 10.3. The largest absolute Gasteiger partial charge is 0.422 e. The fraction of sp³-hybridized carbons (Fsp3) is 0.500. The van der Waals surface area contributed by atoms with E-state index in [2.05, 4.69) is 9.97 Å². The van der Waals surface area contributed by atoms with Crippen molar-refractivity contribution in [1.29, 1.82) is 0 Å². The van der Waals surface area contributed by atoms with Crippen molar-refractivity contribution in [1.82, 2.24) is 19.3 Å². The van der Waals surface area contributed by atoms with E-state index < -0.39 is 42.3 Å². The molecule has 1 fully saturated rings. The Hall–Kier alpha value is -2.25. The van der Waals surface area contributed by atoms with Gasteiger partial charge in [0.25, 0.3) is 5.91 Å². The Morgan fingerprint density at radius 1 is 1.45 bits per heavy atom. The van der Waals surface area contributed by atoms with Gasteiger partial charge in [0.15, 0.2) is 17.3 Å². The smallest absolute Gasteiger partial charge is 0.316 e. The van der Waals surface area contributed by atoms with Gasteiger partial charge < -0.3 is 36.1 Å². The van der Waals surface area contributed by atoms with Crippen molar-refractivity contribution >= 4 is 17.1 Å². The molecular weight excluding hydrogens is 302 g/mol. The molecule has 0 amide bonds. The third-order valence-electron chi connectivity index (χ3n) is 3.51. The quantitative estimate of drug-likeness (QED) is 0.299. The minimum atomic E-state index is -2.52. The maximum atomic E-state index is 11.8. The molecule has 7 N–H and O–H groups in total. The molecule has 2 aromatic heterocycles. The molecule has 120 valence electrons. The van der Waals surface area contributed by atoms with Crippen LogP contribution in [0.1, 0.15) is 0 Å². The Bertz CT molecular complexity index is 788. The number of hydrogen-bond acceptors (Lipinski definition) is 10. The van der Waals surface area contributed by atoms with Crippen LogP contribution in [0.5, 0.6) is 0 Å². The van der Waals surface area contributed by atoms with Gasteiger partial charge in [-0.1, -0.05) is 0 Å². The highest BCUT2D eigenvalue weighted by Crippen LogP contribution is 2.34. The van der Waals surface area contributed by atoms with E-state index >= 15 is 0 Å². The zero-order valence-electron chi connectivity index (χ0n) is 10.9. The van der Waals surface area contributed by atoms with Gasteiger partial charge in [-0.25, -0.2) is 4.98 Å². The molecule has 1 aliphatic rings. The lowest BCUT2D eigenvalue weighted by Gasteiger charge is -2.27. The van der Waals surface area contributed by atoms with Crippen molar-refractivity contribution in [3.05, 3.63) is 16.7 Å². The van der Waals surface area contributed by atoms with Gasteiger partial charge in [0.1, 0.15) is 18.5 Å². The SMILES string of the molecule is Nc1nc2c(ncn2[C@]2(O)O[C@H](CO)[C@@H](O)[C@H]2O)c(=O)n1O. The summed E-state index contributed by atoms with van der Waals surface area (Å²) in [6.45, 7) is -0.661. The van der Waals surface area contributed by atoms with Gasteiger partial charge in [0.05, 0.1) is 6.61 Å². The van der Waals surface area contributed by atoms with E-state index in [-0.39, 0.29) is 15.9 Å². The van der Waals surface area contributed by atoms with Crippen LogP contribution in [0.25, 0.3) is 11.2 Å². The molecule has 2 aromatic rings. The summed E-state index contributed by atoms with van der Waals surface area (Å²) in [7, 11) is 0. The number of nitrogen functional groups attached to an aromatic ring is 1. The Kier molecular flexibility index (Phi) is 3.08. The predicted octanol–water partition coefficient (Wildman–Crippen LogP) is -3.87. The van der Waals surface area contributed by atoms with Crippen LogP contribution in [-0.4, -0.2) is 69.8 Å². The number of nitrogens with two attached hydrogens (primary N) is 1. The highest BCUT2D eigenvalue weighted by atomic mass is 16.7. The molecule has 4 atom stereocenters. The van der Waals surface area contributed by atoms with Gasteiger partial charge in [-0.2, -0.15) is 4.98 Å². The van der Waals surface area contributed by atoms with Crippen LogP contribution in [-0.2, 0) is 10.6 Å². The molecule has 0 aliphatic carbocycles. The van der Waals surface area contributed by atoms with Crippen LogP contribution in [0.2, 0.25) is 0 Å². The average molecular weight is 315 g/mol. The normalized spacial score (nSPS) is 31.9. The molecule has 12 nitrogen and oxygen atoms in total. The Labute approximate surface area is 121 Å². The molecule has 0 radical (unpaired) electrons. The number of fused-ring (bicyclic) bond motifs is 1. The van der Waals surface area contributed by atoms with Crippen molar-refractivity contribution in [2.45, 2.75) is 24.2 Å². The first kappa shape index (κ1) is 14.7. The fourth-order valence-electron chi connectivity index (χ4n) is 2.33. The van der Waals surface area contributed by atoms with Crippen molar-refractivity contribution in [2.24, 2.45) is 0 Å². The first-order valence-corrected chi connectivity index (χ1v) is 6.13. The number of rotatable bonds is 2. The summed E-state index contributed by atoms with van der Waals surface area (Å²) < 4.78 is 5.91. The zero-order chi connectivity index (χ0) is 16.2. The Balaban J connectivity index is 2.21. The molecule has 3 rings (SSSR count). The highest BCUT2D eigenvalue weighted by Gasteiger charge is 2.55. The summed E-state index contributed by atoms with van der Waals surface area (Å²) in [5.74, 6) is -3.09. The van der Waals surface area contributed by atoms with Crippen LogP contribution in [0.15, 0.2) is 11.1 Å². The summed E-state index contributed by atoms with van der Waals surface area (Å²) in [4.78, 5) is 19.2. The molecule has 3 heterocycles. The molecule has 1 aliphatic heterocycles. The highest BCUT2D eigenvalue weighted by molar-refractivity contribution is 5.71. The number of aromatic nitrogens is 4. The summed E-state index contributed by atoms with van der Waals surface area (Å²) in [5.41, 5.74) is 3.75. The molecular formula is C10H13N5O7. The number of imidazole rings is 1. The molecule has 12 heteroatoms. The third-order valence-corrected chi connectivity index (χ3v) is 3.51. The molecule has 0 spiro atoms. The number of aliphatic hydroxyl groups is 4. The fourth-order valence-corrected chi connectivity index (χ4v) is 2.33. The molecule has 0 bridgehead atoms. The summed E-state index contributed by atoms with van der Waals surface area (Å²) in [6, 6.07) is 0. The van der Waals surface area contributed by atoms with E-state index in [9.17, 15) is 25.3 Å². The lowest BCUT2D eigenvalue weighted by molar-refractivity contribution is -0.287. The molecule has 0 aromatic carbocycles.